The fourth-order valence-electron chi connectivity index (χ4n) is 3.05. The van der Waals surface area contributed by atoms with Gasteiger partial charge in [0.05, 0.1) is 18.7 Å². The van der Waals surface area contributed by atoms with Gasteiger partial charge in [-0.3, -0.25) is 9.59 Å². The molecule has 0 aliphatic rings. The van der Waals surface area contributed by atoms with Crippen LogP contribution in [0, 0.1) is 6.92 Å². The van der Waals surface area contributed by atoms with Gasteiger partial charge in [-0.1, -0.05) is 42.0 Å². The minimum atomic E-state index is -0.595. The zero-order chi connectivity index (χ0) is 22.6. The highest BCUT2D eigenvalue weighted by Gasteiger charge is 2.20. The molecule has 1 atom stereocenters. The average molecular weight is 427 g/mol. The summed E-state index contributed by atoms with van der Waals surface area (Å²) in [4.78, 5) is 36.4. The monoisotopic (exact) mass is 426 g/mol. The van der Waals surface area contributed by atoms with Gasteiger partial charge in [0.1, 0.15) is 12.4 Å². The fraction of sp³-hybridized carbons (Fsp3) is 0.375. The van der Waals surface area contributed by atoms with Gasteiger partial charge in [-0.2, -0.15) is 0 Å². The molecule has 0 radical (unpaired) electrons. The van der Waals surface area contributed by atoms with Crippen LogP contribution < -0.4 is 15.4 Å². The molecule has 0 aliphatic carbocycles. The van der Waals surface area contributed by atoms with Crippen molar-refractivity contribution in [3.63, 3.8) is 0 Å². The maximum atomic E-state index is 12.6. The van der Waals surface area contributed by atoms with Gasteiger partial charge in [-0.15, -0.1) is 0 Å². The Morgan fingerprint density at radius 1 is 1.03 bits per heavy atom. The number of benzene rings is 2. The number of alkyl carbamates (subject to hydrolysis) is 1. The summed E-state index contributed by atoms with van der Waals surface area (Å²) in [6.45, 7) is 3.99. The van der Waals surface area contributed by atoms with E-state index in [1.54, 1.807) is 12.1 Å². The first-order chi connectivity index (χ1) is 14.9. The molecule has 0 heterocycles. The summed E-state index contributed by atoms with van der Waals surface area (Å²) in [7, 11) is 1.50. The van der Waals surface area contributed by atoms with Crippen LogP contribution in [0.2, 0.25) is 0 Å². The molecular formula is C24H30N2O5. The molecule has 2 rings (SSSR count). The summed E-state index contributed by atoms with van der Waals surface area (Å²) >= 11 is 0. The molecule has 0 saturated heterocycles. The largest absolute Gasteiger partial charge is 0.496 e. The van der Waals surface area contributed by atoms with Crippen molar-refractivity contribution in [1.29, 1.82) is 0 Å². The third kappa shape index (κ3) is 8.12. The predicted octanol–water partition coefficient (Wildman–Crippen LogP) is 3.79. The first kappa shape index (κ1) is 23.9. The van der Waals surface area contributed by atoms with Gasteiger partial charge in [-0.05, 0) is 50.8 Å². The summed E-state index contributed by atoms with van der Waals surface area (Å²) in [5.74, 6) is 0.00202. The van der Waals surface area contributed by atoms with Crippen molar-refractivity contribution in [2.24, 2.45) is 0 Å². The van der Waals surface area contributed by atoms with E-state index in [0.717, 1.165) is 11.1 Å². The number of Topliss-reactive ketones (excluding diaryl/α,β-unsaturated/α-hetero) is 1. The SMILES string of the molecule is COc1ccc(C)cc1C(=O)N[C@@H](CCCCNC(=O)OCc1ccccc1)C(C)=O. The lowest BCUT2D eigenvalue weighted by Crippen LogP contribution is -2.40. The van der Waals surface area contributed by atoms with Gasteiger partial charge in [0.2, 0.25) is 0 Å². The quantitative estimate of drug-likeness (QED) is 0.533. The second-order valence-corrected chi connectivity index (χ2v) is 7.32. The summed E-state index contributed by atoms with van der Waals surface area (Å²) < 4.78 is 10.4. The third-order valence-corrected chi connectivity index (χ3v) is 4.80. The Hall–Kier alpha value is -3.35. The first-order valence-corrected chi connectivity index (χ1v) is 10.3. The molecule has 0 unspecified atom stereocenters. The molecule has 31 heavy (non-hydrogen) atoms. The second-order valence-electron chi connectivity index (χ2n) is 7.32. The lowest BCUT2D eigenvalue weighted by molar-refractivity contribution is -0.119. The number of unbranched alkanes of at least 4 members (excludes halogenated alkanes) is 1. The van der Waals surface area contributed by atoms with Crippen molar-refractivity contribution in [2.75, 3.05) is 13.7 Å². The minimum absolute atomic E-state index is 0.116. The number of aryl methyl sites for hydroxylation is 1. The van der Waals surface area contributed by atoms with Crippen molar-refractivity contribution in [1.82, 2.24) is 10.6 Å². The van der Waals surface area contributed by atoms with Crippen molar-refractivity contribution in [2.45, 2.75) is 45.8 Å². The number of carbonyl (C=O) groups excluding carboxylic acids is 3. The van der Waals surface area contributed by atoms with Gasteiger partial charge in [0.25, 0.3) is 5.91 Å². The van der Waals surface area contributed by atoms with Crippen LogP contribution in [0.15, 0.2) is 48.5 Å². The van der Waals surface area contributed by atoms with Crippen LogP contribution in [-0.4, -0.2) is 37.5 Å². The van der Waals surface area contributed by atoms with Crippen LogP contribution in [0.4, 0.5) is 4.79 Å². The van der Waals surface area contributed by atoms with E-state index in [0.29, 0.717) is 37.1 Å². The lowest BCUT2D eigenvalue weighted by atomic mass is 10.0. The molecule has 2 amide bonds. The Morgan fingerprint density at radius 2 is 1.77 bits per heavy atom. The topological polar surface area (TPSA) is 93.7 Å². The van der Waals surface area contributed by atoms with Gasteiger partial charge in [0, 0.05) is 6.54 Å². The second kappa shape index (κ2) is 12.4. The Balaban J connectivity index is 1.73. The molecule has 0 aromatic heterocycles. The van der Waals surface area contributed by atoms with E-state index in [1.165, 1.54) is 14.0 Å². The number of methoxy groups -OCH3 is 1. The number of hydrogen-bond donors (Lipinski definition) is 2. The van der Waals surface area contributed by atoms with E-state index >= 15 is 0 Å². The van der Waals surface area contributed by atoms with Gasteiger partial charge in [0.15, 0.2) is 5.78 Å². The molecule has 2 aromatic rings. The summed E-state index contributed by atoms with van der Waals surface area (Å²) in [5, 5.41) is 5.49. The zero-order valence-corrected chi connectivity index (χ0v) is 18.3. The first-order valence-electron chi connectivity index (χ1n) is 10.3. The number of rotatable bonds is 11. The molecule has 2 aromatic carbocycles. The van der Waals surface area contributed by atoms with Crippen LogP contribution in [-0.2, 0) is 16.1 Å². The van der Waals surface area contributed by atoms with Crippen molar-refractivity contribution in [3.8, 4) is 5.75 Å². The summed E-state index contributed by atoms with van der Waals surface area (Å²) in [6.07, 6.45) is 1.32. The molecule has 2 N–H and O–H groups in total. The maximum Gasteiger partial charge on any atom is 0.407 e. The Kier molecular flexibility index (Phi) is 9.55. The van der Waals surface area contributed by atoms with Gasteiger partial charge >= 0.3 is 6.09 Å². The van der Waals surface area contributed by atoms with Crippen molar-refractivity contribution >= 4 is 17.8 Å². The lowest BCUT2D eigenvalue weighted by Gasteiger charge is -2.17. The molecule has 0 aliphatic heterocycles. The molecule has 0 spiro atoms. The Bertz CT molecular complexity index is 883. The fourth-order valence-corrected chi connectivity index (χ4v) is 3.05. The van der Waals surface area contributed by atoms with Crippen LogP contribution in [0.5, 0.6) is 5.75 Å². The molecule has 7 heteroatoms. The molecule has 166 valence electrons. The highest BCUT2D eigenvalue weighted by atomic mass is 16.5. The number of hydrogen-bond acceptors (Lipinski definition) is 5. The highest BCUT2D eigenvalue weighted by Crippen LogP contribution is 2.20. The molecule has 0 saturated carbocycles. The van der Waals surface area contributed by atoms with E-state index < -0.39 is 12.1 Å². The van der Waals surface area contributed by atoms with Crippen LogP contribution in [0.3, 0.4) is 0 Å². The highest BCUT2D eigenvalue weighted by molar-refractivity contribution is 5.99. The van der Waals surface area contributed by atoms with E-state index in [1.807, 2.05) is 43.3 Å². The maximum absolute atomic E-state index is 12.6. The minimum Gasteiger partial charge on any atom is -0.496 e. The molecule has 0 fully saturated rings. The zero-order valence-electron chi connectivity index (χ0n) is 18.3. The molecule has 7 nitrogen and oxygen atoms in total. The van der Waals surface area contributed by atoms with Crippen molar-refractivity contribution in [3.05, 3.63) is 65.2 Å². The van der Waals surface area contributed by atoms with Crippen LogP contribution in [0.1, 0.15) is 47.7 Å². The number of ketones is 1. The predicted molar refractivity (Wildman–Crippen MR) is 118 cm³/mol. The standard InChI is InChI=1S/C24H30N2O5/c1-17-12-13-22(30-3)20(15-17)23(28)26-21(18(2)27)11-7-8-14-25-24(29)31-16-19-9-5-4-6-10-19/h4-6,9-10,12-13,15,21H,7-8,11,14,16H2,1-3H3,(H,25,29)(H,26,28)/t21-/m0/s1. The third-order valence-electron chi connectivity index (χ3n) is 4.80. The normalized spacial score (nSPS) is 11.3. The van der Waals surface area contributed by atoms with E-state index in [9.17, 15) is 14.4 Å². The van der Waals surface area contributed by atoms with Crippen molar-refractivity contribution < 1.29 is 23.9 Å². The van der Waals surface area contributed by atoms with Crippen LogP contribution in [0.25, 0.3) is 0 Å². The molecular weight excluding hydrogens is 396 g/mol. The summed E-state index contributed by atoms with van der Waals surface area (Å²) in [6, 6.07) is 14.2. The number of amides is 2. The average Bonchev–Trinajstić information content (AvgIpc) is 2.77. The number of carbonyl (C=O) groups is 3. The molecule has 0 bridgehead atoms. The van der Waals surface area contributed by atoms with E-state index in [-0.39, 0.29) is 18.3 Å². The van der Waals surface area contributed by atoms with Gasteiger partial charge < -0.3 is 20.1 Å². The number of nitrogens with one attached hydrogen (secondary N) is 2. The van der Waals surface area contributed by atoms with Crippen LogP contribution >= 0.6 is 0 Å². The van der Waals surface area contributed by atoms with E-state index in [4.69, 9.17) is 9.47 Å². The van der Waals surface area contributed by atoms with E-state index in [2.05, 4.69) is 10.6 Å². The Labute approximate surface area is 183 Å². The Morgan fingerprint density at radius 3 is 2.45 bits per heavy atom. The number of ether oxygens (including phenoxy) is 2. The smallest absolute Gasteiger partial charge is 0.407 e. The summed E-state index contributed by atoms with van der Waals surface area (Å²) in [5.41, 5.74) is 2.25. The van der Waals surface area contributed by atoms with Gasteiger partial charge in [-0.25, -0.2) is 4.79 Å².